The molecule has 0 aromatic carbocycles. The molecule has 0 aliphatic carbocycles. The van der Waals surface area contributed by atoms with Crippen LogP contribution in [0.15, 0.2) is 6.33 Å². The molecule has 1 saturated heterocycles. The van der Waals surface area contributed by atoms with Crippen molar-refractivity contribution < 1.29 is 0 Å². The average Bonchev–Trinajstić information content (AvgIpc) is 2.71. The van der Waals surface area contributed by atoms with Gasteiger partial charge in [0, 0.05) is 25.2 Å². The average molecular weight is 290 g/mol. The SMILES string of the molecule is CCCNc1ncnc(N2CCCC(C)CC2)c1CCC. The highest BCUT2D eigenvalue weighted by atomic mass is 15.2. The van der Waals surface area contributed by atoms with Gasteiger partial charge in [-0.3, -0.25) is 0 Å². The van der Waals surface area contributed by atoms with Gasteiger partial charge in [0.15, 0.2) is 0 Å². The summed E-state index contributed by atoms with van der Waals surface area (Å²) < 4.78 is 0. The predicted molar refractivity (Wildman–Crippen MR) is 90.0 cm³/mol. The van der Waals surface area contributed by atoms with E-state index in [1.54, 1.807) is 6.33 Å². The Kier molecular flexibility index (Phi) is 6.27. The predicted octanol–water partition coefficient (Wildman–Crippen LogP) is 3.88. The zero-order valence-electron chi connectivity index (χ0n) is 13.9. The monoisotopic (exact) mass is 290 g/mol. The van der Waals surface area contributed by atoms with Crippen molar-refractivity contribution in [1.82, 2.24) is 9.97 Å². The zero-order chi connectivity index (χ0) is 15.1. The van der Waals surface area contributed by atoms with Crippen molar-refractivity contribution in [1.29, 1.82) is 0 Å². The molecule has 0 bridgehead atoms. The summed E-state index contributed by atoms with van der Waals surface area (Å²) in [4.78, 5) is 11.6. The van der Waals surface area contributed by atoms with Crippen LogP contribution in [0.3, 0.4) is 0 Å². The van der Waals surface area contributed by atoms with Gasteiger partial charge < -0.3 is 10.2 Å². The molecule has 1 aliphatic rings. The Morgan fingerprint density at radius 3 is 2.81 bits per heavy atom. The summed E-state index contributed by atoms with van der Waals surface area (Å²) in [5.41, 5.74) is 1.31. The van der Waals surface area contributed by atoms with Gasteiger partial charge in [-0.1, -0.05) is 27.2 Å². The number of nitrogens with one attached hydrogen (secondary N) is 1. The second-order valence-electron chi connectivity index (χ2n) is 6.22. The molecule has 1 unspecified atom stereocenters. The van der Waals surface area contributed by atoms with Gasteiger partial charge in [-0.15, -0.1) is 0 Å². The molecule has 0 amide bonds. The third-order valence-electron chi connectivity index (χ3n) is 4.28. The second kappa shape index (κ2) is 8.20. The van der Waals surface area contributed by atoms with Crippen molar-refractivity contribution >= 4 is 11.6 Å². The van der Waals surface area contributed by atoms with E-state index in [2.05, 4.69) is 41.0 Å². The highest BCUT2D eigenvalue weighted by Crippen LogP contribution is 2.28. The van der Waals surface area contributed by atoms with E-state index in [-0.39, 0.29) is 0 Å². The molecule has 4 nitrogen and oxygen atoms in total. The topological polar surface area (TPSA) is 41.1 Å². The first-order valence-corrected chi connectivity index (χ1v) is 8.58. The summed E-state index contributed by atoms with van der Waals surface area (Å²) in [5.74, 6) is 3.05. The maximum atomic E-state index is 4.63. The molecule has 0 radical (unpaired) electrons. The maximum Gasteiger partial charge on any atom is 0.137 e. The summed E-state index contributed by atoms with van der Waals surface area (Å²) >= 11 is 0. The Balaban J connectivity index is 2.23. The molecular weight excluding hydrogens is 260 g/mol. The van der Waals surface area contributed by atoms with Crippen LogP contribution in [0.25, 0.3) is 0 Å². The molecule has 118 valence electrons. The van der Waals surface area contributed by atoms with Crippen molar-refractivity contribution in [2.24, 2.45) is 5.92 Å². The minimum absolute atomic E-state index is 0.837. The van der Waals surface area contributed by atoms with Crippen LogP contribution in [0.5, 0.6) is 0 Å². The van der Waals surface area contributed by atoms with Crippen LogP contribution in [0.4, 0.5) is 11.6 Å². The largest absolute Gasteiger partial charge is 0.370 e. The fraction of sp³-hybridized carbons (Fsp3) is 0.765. The van der Waals surface area contributed by atoms with Gasteiger partial charge in [-0.05, 0) is 38.0 Å². The Hall–Kier alpha value is -1.32. The van der Waals surface area contributed by atoms with Crippen molar-refractivity contribution in [3.63, 3.8) is 0 Å². The molecule has 1 aliphatic heterocycles. The molecule has 21 heavy (non-hydrogen) atoms. The first-order chi connectivity index (χ1) is 10.3. The lowest BCUT2D eigenvalue weighted by Gasteiger charge is -2.25. The van der Waals surface area contributed by atoms with Crippen molar-refractivity contribution in [3.8, 4) is 0 Å². The highest BCUT2D eigenvalue weighted by molar-refractivity contribution is 5.59. The molecule has 0 spiro atoms. The van der Waals surface area contributed by atoms with E-state index in [0.717, 1.165) is 50.6 Å². The minimum Gasteiger partial charge on any atom is -0.370 e. The van der Waals surface area contributed by atoms with E-state index in [9.17, 15) is 0 Å². The zero-order valence-corrected chi connectivity index (χ0v) is 13.9. The number of hydrogen-bond acceptors (Lipinski definition) is 4. The van der Waals surface area contributed by atoms with Crippen LogP contribution >= 0.6 is 0 Å². The third kappa shape index (κ3) is 4.32. The third-order valence-corrected chi connectivity index (χ3v) is 4.28. The molecule has 1 atom stereocenters. The van der Waals surface area contributed by atoms with Gasteiger partial charge in [0.1, 0.15) is 18.0 Å². The summed E-state index contributed by atoms with van der Waals surface area (Å²) in [5, 5.41) is 3.47. The molecular formula is C17H30N4. The number of rotatable bonds is 6. The van der Waals surface area contributed by atoms with Crippen LogP contribution in [-0.2, 0) is 6.42 Å². The van der Waals surface area contributed by atoms with E-state index in [1.807, 2.05) is 0 Å². The van der Waals surface area contributed by atoms with Crippen molar-refractivity contribution in [3.05, 3.63) is 11.9 Å². The summed E-state index contributed by atoms with van der Waals surface area (Å²) in [6.45, 7) is 10.0. The molecule has 1 aromatic heterocycles. The molecule has 1 N–H and O–H groups in total. The van der Waals surface area contributed by atoms with Gasteiger partial charge in [0.2, 0.25) is 0 Å². The van der Waals surface area contributed by atoms with E-state index < -0.39 is 0 Å². The van der Waals surface area contributed by atoms with Gasteiger partial charge >= 0.3 is 0 Å². The normalized spacial score (nSPS) is 19.4. The number of aromatic nitrogens is 2. The quantitative estimate of drug-likeness (QED) is 0.863. The number of nitrogens with zero attached hydrogens (tertiary/aromatic N) is 3. The van der Waals surface area contributed by atoms with E-state index in [0.29, 0.717) is 0 Å². The van der Waals surface area contributed by atoms with Gasteiger partial charge in [0.05, 0.1) is 0 Å². The van der Waals surface area contributed by atoms with Crippen LogP contribution < -0.4 is 10.2 Å². The smallest absolute Gasteiger partial charge is 0.137 e. The van der Waals surface area contributed by atoms with Gasteiger partial charge in [-0.2, -0.15) is 0 Å². The second-order valence-corrected chi connectivity index (χ2v) is 6.22. The van der Waals surface area contributed by atoms with E-state index in [4.69, 9.17) is 0 Å². The van der Waals surface area contributed by atoms with Gasteiger partial charge in [0.25, 0.3) is 0 Å². The standard InChI is InChI=1S/C17H30N4/c1-4-7-15-16(18-10-5-2)19-13-20-17(15)21-11-6-8-14(3)9-12-21/h13-14H,4-12H2,1-3H3,(H,18,19,20). The first-order valence-electron chi connectivity index (χ1n) is 8.58. The van der Waals surface area contributed by atoms with Crippen LogP contribution in [0.1, 0.15) is 58.4 Å². The Bertz CT molecular complexity index is 433. The van der Waals surface area contributed by atoms with Crippen molar-refractivity contribution in [2.45, 2.75) is 59.3 Å². The molecule has 2 heterocycles. The van der Waals surface area contributed by atoms with Gasteiger partial charge in [-0.25, -0.2) is 9.97 Å². The summed E-state index contributed by atoms with van der Waals surface area (Å²) in [6, 6.07) is 0. The Labute approximate surface area is 129 Å². The first kappa shape index (κ1) is 16.1. The molecule has 1 aromatic rings. The molecule has 2 rings (SSSR count). The Morgan fingerprint density at radius 1 is 1.19 bits per heavy atom. The number of anilines is 2. The van der Waals surface area contributed by atoms with Crippen molar-refractivity contribution in [2.75, 3.05) is 29.9 Å². The minimum atomic E-state index is 0.837. The fourth-order valence-electron chi connectivity index (χ4n) is 3.03. The van der Waals surface area contributed by atoms with E-state index in [1.165, 1.54) is 30.6 Å². The summed E-state index contributed by atoms with van der Waals surface area (Å²) in [7, 11) is 0. The highest BCUT2D eigenvalue weighted by Gasteiger charge is 2.19. The molecule has 4 heteroatoms. The number of hydrogen-bond donors (Lipinski definition) is 1. The fourth-order valence-corrected chi connectivity index (χ4v) is 3.03. The lowest BCUT2D eigenvalue weighted by atomic mass is 10.0. The Morgan fingerprint density at radius 2 is 2.05 bits per heavy atom. The van der Waals surface area contributed by atoms with Crippen LogP contribution in [0, 0.1) is 5.92 Å². The van der Waals surface area contributed by atoms with Crippen LogP contribution in [-0.4, -0.2) is 29.6 Å². The molecule has 1 fully saturated rings. The van der Waals surface area contributed by atoms with Crippen LogP contribution in [0.2, 0.25) is 0 Å². The lowest BCUT2D eigenvalue weighted by molar-refractivity contribution is 0.521. The summed E-state index contributed by atoms with van der Waals surface area (Å²) in [6.07, 6.45) is 8.90. The molecule has 0 saturated carbocycles. The maximum absolute atomic E-state index is 4.63. The lowest BCUT2D eigenvalue weighted by Crippen LogP contribution is -2.27. The van der Waals surface area contributed by atoms with E-state index >= 15 is 0 Å².